The van der Waals surface area contributed by atoms with Gasteiger partial charge < -0.3 is 10.5 Å². The summed E-state index contributed by atoms with van der Waals surface area (Å²) in [6.07, 6.45) is 3.15. The van der Waals surface area contributed by atoms with Crippen molar-refractivity contribution in [1.82, 2.24) is 4.90 Å². The van der Waals surface area contributed by atoms with Crippen molar-refractivity contribution in [3.05, 3.63) is 95.2 Å². The highest BCUT2D eigenvalue weighted by molar-refractivity contribution is 8.00. The molecule has 2 aliphatic rings. The number of nitrogens with two attached hydrogens (primary N) is 1. The standard InChI is InChI=1S/C23H22N2O3S.ClH/c1-2-9-17-14-29-22-18(24)21(26)25(22)19(17)23(27)28-20(15-10-5-3-6-11-15)16-12-7-4-8-13-16;/h2-13,18,20,22H,14,24H2,1H3;1H. The van der Waals surface area contributed by atoms with Crippen molar-refractivity contribution in [2.45, 2.75) is 24.4 Å². The topological polar surface area (TPSA) is 72.6 Å². The van der Waals surface area contributed by atoms with Crippen molar-refractivity contribution < 1.29 is 14.3 Å². The lowest BCUT2D eigenvalue weighted by Gasteiger charge is -2.48. The van der Waals surface area contributed by atoms with Crippen LogP contribution in [0.5, 0.6) is 0 Å². The summed E-state index contributed by atoms with van der Waals surface area (Å²) in [5.74, 6) is -0.147. The van der Waals surface area contributed by atoms with Crippen LogP contribution >= 0.6 is 24.2 Å². The highest BCUT2D eigenvalue weighted by Gasteiger charge is 2.52. The Morgan fingerprint density at radius 3 is 2.23 bits per heavy atom. The molecular weight excluding hydrogens is 420 g/mol. The lowest BCUT2D eigenvalue weighted by atomic mass is 10.0. The highest BCUT2D eigenvalue weighted by atomic mass is 35.5. The molecule has 0 aromatic heterocycles. The molecule has 5 nitrogen and oxygen atoms in total. The third kappa shape index (κ3) is 4.03. The van der Waals surface area contributed by atoms with Crippen molar-refractivity contribution >= 4 is 36.0 Å². The fraction of sp³-hybridized carbons (Fsp3) is 0.217. The molecule has 2 aromatic rings. The van der Waals surface area contributed by atoms with E-state index in [1.165, 1.54) is 4.90 Å². The Kier molecular flexibility index (Phi) is 7.02. The molecule has 1 fully saturated rings. The Balaban J connectivity index is 0.00000256. The molecule has 2 aliphatic heterocycles. The summed E-state index contributed by atoms with van der Waals surface area (Å²) >= 11 is 1.57. The number of halogens is 1. The minimum atomic E-state index is -0.575. The van der Waals surface area contributed by atoms with Crippen LogP contribution in [-0.4, -0.2) is 33.9 Å². The maximum atomic E-state index is 13.3. The second-order valence-electron chi connectivity index (χ2n) is 6.92. The van der Waals surface area contributed by atoms with Crippen molar-refractivity contribution in [1.29, 1.82) is 0 Å². The van der Waals surface area contributed by atoms with E-state index in [0.29, 0.717) is 11.4 Å². The minimum Gasteiger partial charge on any atom is -0.448 e. The fourth-order valence-electron chi connectivity index (χ4n) is 3.61. The van der Waals surface area contributed by atoms with E-state index in [-0.39, 0.29) is 23.7 Å². The second kappa shape index (κ2) is 9.51. The van der Waals surface area contributed by atoms with Gasteiger partial charge in [-0.2, -0.15) is 0 Å². The molecule has 2 unspecified atom stereocenters. The van der Waals surface area contributed by atoms with E-state index in [0.717, 1.165) is 16.7 Å². The Hall–Kier alpha value is -2.54. The van der Waals surface area contributed by atoms with Gasteiger partial charge in [-0.3, -0.25) is 9.69 Å². The molecule has 0 aliphatic carbocycles. The number of thioether (sulfide) groups is 1. The maximum absolute atomic E-state index is 13.3. The number of benzene rings is 2. The molecule has 156 valence electrons. The zero-order valence-electron chi connectivity index (χ0n) is 16.4. The predicted octanol–water partition coefficient (Wildman–Crippen LogP) is 3.81. The van der Waals surface area contributed by atoms with Gasteiger partial charge in [0.15, 0.2) is 6.10 Å². The first-order valence-electron chi connectivity index (χ1n) is 9.48. The Labute approximate surface area is 186 Å². The number of carbonyl (C=O) groups excluding carboxylic acids is 2. The first-order valence-corrected chi connectivity index (χ1v) is 10.5. The molecule has 2 atom stereocenters. The zero-order chi connectivity index (χ0) is 20.4. The number of nitrogens with zero attached hydrogens (tertiary/aromatic N) is 1. The zero-order valence-corrected chi connectivity index (χ0v) is 18.1. The van der Waals surface area contributed by atoms with E-state index in [4.69, 9.17) is 10.5 Å². The lowest BCUT2D eigenvalue weighted by molar-refractivity contribution is -0.153. The van der Waals surface area contributed by atoms with Gasteiger partial charge in [0.2, 0.25) is 5.91 Å². The van der Waals surface area contributed by atoms with E-state index in [1.807, 2.05) is 79.7 Å². The minimum absolute atomic E-state index is 0. The van der Waals surface area contributed by atoms with Gasteiger partial charge in [-0.05, 0) is 23.6 Å². The summed E-state index contributed by atoms with van der Waals surface area (Å²) in [6.45, 7) is 1.88. The molecule has 4 rings (SSSR count). The first kappa shape index (κ1) is 22.2. The van der Waals surface area contributed by atoms with E-state index < -0.39 is 18.1 Å². The van der Waals surface area contributed by atoms with E-state index in [1.54, 1.807) is 11.8 Å². The number of hydrogen-bond acceptors (Lipinski definition) is 5. The summed E-state index contributed by atoms with van der Waals surface area (Å²) in [5.41, 5.74) is 8.75. The van der Waals surface area contributed by atoms with Crippen LogP contribution < -0.4 is 5.73 Å². The molecule has 2 aromatic carbocycles. The van der Waals surface area contributed by atoms with Gasteiger partial charge in [0.25, 0.3) is 0 Å². The van der Waals surface area contributed by atoms with Gasteiger partial charge in [-0.15, -0.1) is 24.2 Å². The van der Waals surface area contributed by atoms with Crippen LogP contribution in [0.2, 0.25) is 0 Å². The van der Waals surface area contributed by atoms with Gasteiger partial charge in [0, 0.05) is 5.75 Å². The van der Waals surface area contributed by atoms with Gasteiger partial charge in [-0.1, -0.05) is 72.8 Å². The second-order valence-corrected chi connectivity index (χ2v) is 8.02. The summed E-state index contributed by atoms with van der Waals surface area (Å²) in [6, 6.07) is 18.6. The van der Waals surface area contributed by atoms with Crippen molar-refractivity contribution in [2.24, 2.45) is 5.73 Å². The van der Waals surface area contributed by atoms with Gasteiger partial charge >= 0.3 is 5.97 Å². The summed E-state index contributed by atoms with van der Waals surface area (Å²) in [5, 5.41) is -0.217. The number of rotatable bonds is 5. The van der Waals surface area contributed by atoms with Gasteiger partial charge in [-0.25, -0.2) is 4.79 Å². The number of carbonyl (C=O) groups is 2. The quantitative estimate of drug-likeness (QED) is 0.563. The van der Waals surface area contributed by atoms with Crippen molar-refractivity contribution in [2.75, 3.05) is 5.75 Å². The molecule has 30 heavy (non-hydrogen) atoms. The van der Waals surface area contributed by atoms with Crippen molar-refractivity contribution in [3.63, 3.8) is 0 Å². The average molecular weight is 443 g/mol. The van der Waals surface area contributed by atoms with Crippen LogP contribution in [0, 0.1) is 0 Å². The monoisotopic (exact) mass is 442 g/mol. The predicted molar refractivity (Wildman–Crippen MR) is 121 cm³/mol. The molecule has 0 bridgehead atoms. The summed E-state index contributed by atoms with van der Waals surface area (Å²) < 4.78 is 6.00. The van der Waals surface area contributed by atoms with E-state index in [2.05, 4.69) is 0 Å². The molecule has 0 radical (unpaired) electrons. The number of fused-ring (bicyclic) bond motifs is 1. The summed E-state index contributed by atoms with van der Waals surface area (Å²) in [4.78, 5) is 27.2. The summed E-state index contributed by atoms with van der Waals surface area (Å²) in [7, 11) is 0. The van der Waals surface area contributed by atoms with Gasteiger partial charge in [0.05, 0.1) is 0 Å². The maximum Gasteiger partial charge on any atom is 0.356 e. The largest absolute Gasteiger partial charge is 0.448 e. The molecule has 7 heteroatoms. The third-order valence-electron chi connectivity index (χ3n) is 5.03. The Bertz CT molecular complexity index is 939. The fourth-order valence-corrected chi connectivity index (χ4v) is 4.87. The van der Waals surface area contributed by atoms with E-state index in [9.17, 15) is 9.59 Å². The number of amides is 1. The Morgan fingerprint density at radius 2 is 1.70 bits per heavy atom. The molecule has 1 saturated heterocycles. The lowest BCUT2D eigenvalue weighted by Crippen LogP contribution is -2.68. The van der Waals surface area contributed by atoms with Crippen LogP contribution in [0.25, 0.3) is 0 Å². The van der Waals surface area contributed by atoms with Crippen LogP contribution in [0.1, 0.15) is 24.2 Å². The van der Waals surface area contributed by atoms with Crippen molar-refractivity contribution in [3.8, 4) is 0 Å². The molecule has 0 spiro atoms. The Morgan fingerprint density at radius 1 is 1.13 bits per heavy atom. The SMILES string of the molecule is CC=CC1=C(C(=O)OC(c2ccccc2)c2ccccc2)N2C(=O)C(N)C2SC1.Cl. The normalized spacial score (nSPS) is 20.6. The number of allylic oxidation sites excluding steroid dienone is 2. The molecule has 0 saturated carbocycles. The molecule has 2 heterocycles. The molecule has 2 N–H and O–H groups in total. The highest BCUT2D eigenvalue weighted by Crippen LogP contribution is 2.41. The van der Waals surface area contributed by atoms with Crippen LogP contribution in [-0.2, 0) is 14.3 Å². The number of β-lactam (4-membered cyclic amide) rings is 1. The van der Waals surface area contributed by atoms with E-state index >= 15 is 0 Å². The van der Waals surface area contributed by atoms with Crippen LogP contribution in [0.15, 0.2) is 84.1 Å². The average Bonchev–Trinajstić information content (AvgIpc) is 2.77. The number of ether oxygens (including phenoxy) is 1. The third-order valence-corrected chi connectivity index (χ3v) is 6.35. The van der Waals surface area contributed by atoms with Crippen LogP contribution in [0.3, 0.4) is 0 Å². The number of hydrogen-bond donors (Lipinski definition) is 1. The molecular formula is C23H23ClN2O3S. The first-order chi connectivity index (χ1) is 14.1. The van der Waals surface area contributed by atoms with Gasteiger partial charge in [0.1, 0.15) is 17.1 Å². The van der Waals surface area contributed by atoms with Crippen LogP contribution in [0.4, 0.5) is 0 Å². The smallest absolute Gasteiger partial charge is 0.356 e. The number of esters is 1. The molecule has 1 amide bonds.